The van der Waals surface area contributed by atoms with Gasteiger partial charge in [0, 0.05) is 4.47 Å². The maximum Gasteiger partial charge on any atom is 0.285 e. The molecule has 116 valence electrons. The molecule has 0 saturated heterocycles. The average Bonchev–Trinajstić information content (AvgIpc) is 2.84. The van der Waals surface area contributed by atoms with Gasteiger partial charge in [-0.05, 0) is 30.3 Å². The van der Waals surface area contributed by atoms with Gasteiger partial charge in [-0.3, -0.25) is 0 Å². The van der Waals surface area contributed by atoms with Crippen molar-refractivity contribution in [1.82, 2.24) is 4.57 Å². The van der Waals surface area contributed by atoms with Gasteiger partial charge in [0.2, 0.25) is 4.80 Å². The minimum Gasteiger partial charge on any atom is -0.304 e. The lowest BCUT2D eigenvalue weighted by molar-refractivity contribution is 0.596. The molecule has 0 fully saturated rings. The number of aromatic nitrogens is 1. The van der Waals surface area contributed by atoms with Crippen molar-refractivity contribution < 1.29 is 8.42 Å². The second-order valence-corrected chi connectivity index (χ2v) is 8.20. The van der Waals surface area contributed by atoms with Crippen LogP contribution < -0.4 is 4.80 Å². The van der Waals surface area contributed by atoms with Gasteiger partial charge in [-0.1, -0.05) is 51.4 Å². The number of halogens is 1. The van der Waals surface area contributed by atoms with Crippen LogP contribution in [0.2, 0.25) is 0 Å². The third-order valence-electron chi connectivity index (χ3n) is 3.13. The summed E-state index contributed by atoms with van der Waals surface area (Å²) in [5, 5.41) is 0. The lowest BCUT2D eigenvalue weighted by Crippen LogP contribution is -2.16. The molecule has 0 aliphatic heterocycles. The zero-order valence-corrected chi connectivity index (χ0v) is 15.0. The largest absolute Gasteiger partial charge is 0.304 e. The number of terminal acetylenes is 1. The minimum absolute atomic E-state index is 0.158. The quantitative estimate of drug-likeness (QED) is 0.625. The van der Waals surface area contributed by atoms with Crippen LogP contribution in [0.5, 0.6) is 0 Å². The molecule has 1 heterocycles. The standard InChI is InChI=1S/C16H11BrN2O2S2/c1-2-10-19-14-9-8-12(17)11-15(14)22-16(19)18-23(20,21)13-6-4-3-5-7-13/h1,3-9,11H,10H2. The first kappa shape index (κ1) is 16.0. The molecule has 3 rings (SSSR count). The van der Waals surface area contributed by atoms with Crippen LogP contribution >= 0.6 is 27.3 Å². The number of nitrogens with zero attached hydrogens (tertiary/aromatic N) is 2. The van der Waals surface area contributed by atoms with Gasteiger partial charge in [-0.2, -0.15) is 8.42 Å². The summed E-state index contributed by atoms with van der Waals surface area (Å²) in [6.07, 6.45) is 5.42. The first-order valence-corrected chi connectivity index (χ1v) is 9.64. The summed E-state index contributed by atoms with van der Waals surface area (Å²) < 4.78 is 32.5. The normalized spacial score (nSPS) is 12.4. The van der Waals surface area contributed by atoms with E-state index in [1.807, 2.05) is 18.2 Å². The van der Waals surface area contributed by atoms with E-state index in [2.05, 4.69) is 26.2 Å². The number of benzene rings is 2. The van der Waals surface area contributed by atoms with Crippen molar-refractivity contribution in [1.29, 1.82) is 0 Å². The molecule has 2 aromatic carbocycles. The first-order valence-electron chi connectivity index (χ1n) is 6.60. The van der Waals surface area contributed by atoms with Gasteiger partial charge < -0.3 is 4.57 Å². The Morgan fingerprint density at radius 2 is 1.96 bits per heavy atom. The second-order valence-electron chi connectivity index (χ2n) is 4.67. The third kappa shape index (κ3) is 3.24. The van der Waals surface area contributed by atoms with Crippen molar-refractivity contribution in [3.8, 4) is 12.3 Å². The Bertz CT molecular complexity index is 1070. The second kappa shape index (κ2) is 6.32. The molecule has 0 aliphatic carbocycles. The molecule has 4 nitrogen and oxygen atoms in total. The molecule has 0 unspecified atom stereocenters. The van der Waals surface area contributed by atoms with E-state index >= 15 is 0 Å². The predicted octanol–water partition coefficient (Wildman–Crippen LogP) is 3.39. The van der Waals surface area contributed by atoms with Gasteiger partial charge in [0.05, 0.1) is 21.7 Å². The van der Waals surface area contributed by atoms with Gasteiger partial charge >= 0.3 is 0 Å². The fourth-order valence-electron chi connectivity index (χ4n) is 2.11. The van der Waals surface area contributed by atoms with E-state index < -0.39 is 10.0 Å². The van der Waals surface area contributed by atoms with Gasteiger partial charge in [0.1, 0.15) is 0 Å². The zero-order valence-electron chi connectivity index (χ0n) is 11.8. The molecule has 0 saturated carbocycles. The van der Waals surface area contributed by atoms with Gasteiger partial charge in [0.15, 0.2) is 0 Å². The lowest BCUT2D eigenvalue weighted by atomic mass is 10.3. The summed E-state index contributed by atoms with van der Waals surface area (Å²) >= 11 is 4.70. The Balaban J connectivity index is 2.27. The lowest BCUT2D eigenvalue weighted by Gasteiger charge is -2.00. The Hall–Kier alpha value is -1.88. The highest BCUT2D eigenvalue weighted by Crippen LogP contribution is 2.22. The summed E-state index contributed by atoms with van der Waals surface area (Å²) in [4.78, 5) is 0.519. The predicted molar refractivity (Wildman–Crippen MR) is 95.5 cm³/mol. The zero-order chi connectivity index (χ0) is 16.4. The number of thiazole rings is 1. The number of sulfonamides is 1. The summed E-state index contributed by atoms with van der Waals surface area (Å²) in [6, 6.07) is 13.8. The van der Waals surface area contributed by atoms with E-state index in [4.69, 9.17) is 6.42 Å². The highest BCUT2D eigenvalue weighted by molar-refractivity contribution is 9.10. The van der Waals surface area contributed by atoms with Gasteiger partial charge in [-0.25, -0.2) is 0 Å². The third-order valence-corrected chi connectivity index (χ3v) is 6.06. The van der Waals surface area contributed by atoms with E-state index in [0.717, 1.165) is 14.7 Å². The van der Waals surface area contributed by atoms with Crippen LogP contribution in [0.4, 0.5) is 0 Å². The molecular weight excluding hydrogens is 396 g/mol. The maximum atomic E-state index is 12.5. The molecule has 23 heavy (non-hydrogen) atoms. The van der Waals surface area contributed by atoms with Crippen molar-refractivity contribution in [2.24, 2.45) is 4.40 Å². The van der Waals surface area contributed by atoms with Crippen molar-refractivity contribution >= 4 is 47.5 Å². The molecule has 7 heteroatoms. The van der Waals surface area contributed by atoms with Crippen LogP contribution in [0.25, 0.3) is 10.2 Å². The number of rotatable bonds is 3. The highest BCUT2D eigenvalue weighted by atomic mass is 79.9. The topological polar surface area (TPSA) is 51.4 Å². The minimum atomic E-state index is -3.78. The molecular formula is C16H11BrN2O2S2. The maximum absolute atomic E-state index is 12.5. The van der Waals surface area contributed by atoms with Crippen LogP contribution in [0, 0.1) is 12.3 Å². The molecule has 1 aromatic heterocycles. The number of fused-ring (bicyclic) bond motifs is 1. The van der Waals surface area contributed by atoms with Crippen LogP contribution in [-0.2, 0) is 16.6 Å². The van der Waals surface area contributed by atoms with E-state index in [0.29, 0.717) is 4.80 Å². The Kier molecular flexibility index (Phi) is 4.39. The molecule has 0 aliphatic rings. The van der Waals surface area contributed by atoms with Crippen LogP contribution in [0.15, 0.2) is 62.3 Å². The van der Waals surface area contributed by atoms with Gasteiger partial charge in [-0.15, -0.1) is 10.8 Å². The Morgan fingerprint density at radius 3 is 2.65 bits per heavy atom. The van der Waals surface area contributed by atoms with Crippen molar-refractivity contribution in [2.75, 3.05) is 0 Å². The number of hydrogen-bond acceptors (Lipinski definition) is 3. The molecule has 0 radical (unpaired) electrons. The van der Waals surface area contributed by atoms with Crippen molar-refractivity contribution in [3.63, 3.8) is 0 Å². The van der Waals surface area contributed by atoms with E-state index in [1.165, 1.54) is 23.5 Å². The van der Waals surface area contributed by atoms with Crippen LogP contribution in [0.1, 0.15) is 0 Å². The van der Waals surface area contributed by atoms with Crippen LogP contribution in [-0.4, -0.2) is 13.0 Å². The molecule has 0 atom stereocenters. The molecule has 0 amide bonds. The summed E-state index contributed by atoms with van der Waals surface area (Å²) in [6.45, 7) is 0.255. The molecule has 3 aromatic rings. The molecule has 0 bridgehead atoms. The molecule has 0 spiro atoms. The Labute approximate surface area is 146 Å². The monoisotopic (exact) mass is 406 g/mol. The van der Waals surface area contributed by atoms with Gasteiger partial charge in [0.25, 0.3) is 10.0 Å². The highest BCUT2D eigenvalue weighted by Gasteiger charge is 2.14. The Morgan fingerprint density at radius 1 is 1.22 bits per heavy atom. The summed E-state index contributed by atoms with van der Waals surface area (Å²) in [7, 11) is -3.78. The van der Waals surface area contributed by atoms with Crippen molar-refractivity contribution in [2.45, 2.75) is 11.4 Å². The van der Waals surface area contributed by atoms with E-state index in [9.17, 15) is 8.42 Å². The van der Waals surface area contributed by atoms with E-state index in [1.54, 1.807) is 22.8 Å². The smallest absolute Gasteiger partial charge is 0.285 e. The fourth-order valence-corrected chi connectivity index (χ4v) is 4.91. The van der Waals surface area contributed by atoms with E-state index in [-0.39, 0.29) is 11.4 Å². The summed E-state index contributed by atoms with van der Waals surface area (Å²) in [5.74, 6) is 2.55. The number of hydrogen-bond donors (Lipinski definition) is 0. The summed E-state index contributed by atoms with van der Waals surface area (Å²) in [5.41, 5.74) is 0.859. The SMILES string of the molecule is C#CCn1c(=NS(=O)(=O)c2ccccc2)sc2cc(Br)ccc21. The van der Waals surface area contributed by atoms with Crippen molar-refractivity contribution in [3.05, 3.63) is 57.8 Å². The average molecular weight is 407 g/mol. The fraction of sp³-hybridized carbons (Fsp3) is 0.0625. The first-order chi connectivity index (χ1) is 11.0. The molecule has 0 N–H and O–H groups in total. The van der Waals surface area contributed by atoms with Crippen LogP contribution in [0.3, 0.4) is 0 Å².